The van der Waals surface area contributed by atoms with Crippen LogP contribution in [0.4, 0.5) is 4.39 Å². The smallest absolute Gasteiger partial charge is 0.257 e. The summed E-state index contributed by atoms with van der Waals surface area (Å²) in [6.45, 7) is 6.91. The maximum Gasteiger partial charge on any atom is 0.257 e. The van der Waals surface area contributed by atoms with Gasteiger partial charge in [0, 0.05) is 26.1 Å². The van der Waals surface area contributed by atoms with Gasteiger partial charge in [0.1, 0.15) is 17.7 Å². The number of fused-ring (bicyclic) bond motifs is 2. The third-order valence-electron chi connectivity index (χ3n) is 4.54. The molecule has 0 saturated carbocycles. The molecular weight excluding hydrogens is 311 g/mol. The Morgan fingerprint density at radius 2 is 2.04 bits per heavy atom. The Kier molecular flexibility index (Phi) is 4.01. The summed E-state index contributed by atoms with van der Waals surface area (Å²) in [4.78, 5) is 28.5. The molecule has 1 saturated heterocycles. The first-order valence-corrected chi connectivity index (χ1v) is 8.17. The normalized spacial score (nSPS) is 23.5. The summed E-state index contributed by atoms with van der Waals surface area (Å²) < 4.78 is 19.4. The highest BCUT2D eigenvalue weighted by Crippen LogP contribution is 2.32. The predicted molar refractivity (Wildman–Crippen MR) is 87.3 cm³/mol. The predicted octanol–water partition coefficient (Wildman–Crippen LogP) is 2.31. The quantitative estimate of drug-likeness (QED) is 0.792. The Balaban J connectivity index is 1.84. The molecule has 2 aliphatic rings. The average molecular weight is 334 g/mol. The van der Waals surface area contributed by atoms with Crippen LogP contribution in [0.25, 0.3) is 0 Å². The third-order valence-corrected chi connectivity index (χ3v) is 4.54. The number of carbonyl (C=O) groups is 2. The van der Waals surface area contributed by atoms with Gasteiger partial charge in [-0.2, -0.15) is 0 Å². The number of ether oxygens (including phenoxy) is 1. The Bertz CT molecular complexity index is 683. The molecular formula is C18H23FN2O3. The van der Waals surface area contributed by atoms with Crippen LogP contribution in [0.3, 0.4) is 0 Å². The van der Waals surface area contributed by atoms with E-state index in [1.807, 2.05) is 20.8 Å². The largest absolute Gasteiger partial charge is 0.485 e. The lowest BCUT2D eigenvalue weighted by Gasteiger charge is -2.25. The van der Waals surface area contributed by atoms with Gasteiger partial charge in [-0.25, -0.2) is 4.39 Å². The second kappa shape index (κ2) is 5.76. The zero-order chi connectivity index (χ0) is 17.6. The van der Waals surface area contributed by atoms with Crippen LogP contribution >= 0.6 is 0 Å². The molecule has 2 heterocycles. The van der Waals surface area contributed by atoms with Crippen molar-refractivity contribution in [3.8, 4) is 5.75 Å². The van der Waals surface area contributed by atoms with Crippen LogP contribution in [-0.2, 0) is 4.79 Å². The lowest BCUT2D eigenvalue weighted by Crippen LogP contribution is -2.44. The number of halogens is 1. The van der Waals surface area contributed by atoms with Gasteiger partial charge in [-0.1, -0.05) is 20.8 Å². The van der Waals surface area contributed by atoms with Crippen LogP contribution in [0.15, 0.2) is 18.2 Å². The zero-order valence-corrected chi connectivity index (χ0v) is 14.5. The Labute approximate surface area is 141 Å². The van der Waals surface area contributed by atoms with Gasteiger partial charge in [0.2, 0.25) is 5.91 Å². The van der Waals surface area contributed by atoms with Gasteiger partial charge in [-0.15, -0.1) is 0 Å². The Hall–Kier alpha value is -2.11. The van der Waals surface area contributed by atoms with E-state index >= 15 is 0 Å². The number of amides is 2. The molecule has 2 amide bonds. The molecule has 0 unspecified atom stereocenters. The van der Waals surface area contributed by atoms with E-state index in [-0.39, 0.29) is 35.1 Å². The van der Waals surface area contributed by atoms with Gasteiger partial charge in [-0.05, 0) is 17.5 Å². The molecule has 0 spiro atoms. The summed E-state index contributed by atoms with van der Waals surface area (Å²) >= 11 is 0. The molecule has 2 aliphatic heterocycles. The number of hydrogen-bond acceptors (Lipinski definition) is 3. The molecule has 0 bridgehead atoms. The van der Waals surface area contributed by atoms with E-state index in [2.05, 4.69) is 0 Å². The molecule has 0 aliphatic carbocycles. The van der Waals surface area contributed by atoms with Crippen LogP contribution in [-0.4, -0.2) is 53.9 Å². The highest BCUT2D eigenvalue weighted by atomic mass is 19.1. The van der Waals surface area contributed by atoms with Gasteiger partial charge in [0.25, 0.3) is 5.91 Å². The molecule has 5 nitrogen and oxygen atoms in total. The zero-order valence-electron chi connectivity index (χ0n) is 14.5. The highest BCUT2D eigenvalue weighted by molar-refractivity contribution is 5.97. The Morgan fingerprint density at radius 3 is 2.71 bits per heavy atom. The molecule has 0 radical (unpaired) electrons. The number of rotatable bonds is 1. The van der Waals surface area contributed by atoms with Gasteiger partial charge >= 0.3 is 0 Å². The van der Waals surface area contributed by atoms with E-state index in [0.29, 0.717) is 25.1 Å². The molecule has 1 aromatic carbocycles. The topological polar surface area (TPSA) is 49.9 Å². The van der Waals surface area contributed by atoms with Crippen molar-refractivity contribution in [3.63, 3.8) is 0 Å². The highest BCUT2D eigenvalue weighted by Gasteiger charge is 2.44. The fourth-order valence-electron chi connectivity index (χ4n) is 3.29. The summed E-state index contributed by atoms with van der Waals surface area (Å²) in [6, 6.07) is 3.72. The van der Waals surface area contributed by atoms with Gasteiger partial charge in [-0.3, -0.25) is 9.59 Å². The molecule has 24 heavy (non-hydrogen) atoms. The summed E-state index contributed by atoms with van der Waals surface area (Å²) in [6.07, 6.45) is 0.0981. The molecule has 2 atom stereocenters. The summed E-state index contributed by atoms with van der Waals surface area (Å²) in [5, 5.41) is 0. The minimum atomic E-state index is -0.443. The molecule has 6 heteroatoms. The number of likely N-dealkylation sites (N-methyl/N-ethyl adjacent to an activating group) is 1. The van der Waals surface area contributed by atoms with Gasteiger partial charge in [0.05, 0.1) is 18.2 Å². The average Bonchev–Trinajstić information content (AvgIpc) is 2.84. The number of nitrogens with zero attached hydrogens (tertiary/aromatic N) is 2. The number of hydrogen-bond donors (Lipinski definition) is 0. The van der Waals surface area contributed by atoms with Crippen molar-refractivity contribution >= 4 is 11.8 Å². The first kappa shape index (κ1) is 16.7. The van der Waals surface area contributed by atoms with E-state index in [0.717, 1.165) is 0 Å². The van der Waals surface area contributed by atoms with Crippen molar-refractivity contribution in [1.82, 2.24) is 9.80 Å². The van der Waals surface area contributed by atoms with Crippen LogP contribution < -0.4 is 4.74 Å². The summed E-state index contributed by atoms with van der Waals surface area (Å²) in [5.41, 5.74) is 0.265. The van der Waals surface area contributed by atoms with Crippen molar-refractivity contribution in [2.75, 3.05) is 20.1 Å². The van der Waals surface area contributed by atoms with Crippen LogP contribution in [0.2, 0.25) is 0 Å². The van der Waals surface area contributed by atoms with E-state index in [4.69, 9.17) is 4.74 Å². The monoisotopic (exact) mass is 334 g/mol. The second-order valence-corrected chi connectivity index (χ2v) is 7.82. The van der Waals surface area contributed by atoms with E-state index < -0.39 is 5.82 Å². The minimum Gasteiger partial charge on any atom is -0.485 e. The van der Waals surface area contributed by atoms with Crippen molar-refractivity contribution < 1.29 is 18.7 Å². The number of benzene rings is 1. The lowest BCUT2D eigenvalue weighted by molar-refractivity contribution is -0.132. The third kappa shape index (κ3) is 3.09. The molecule has 130 valence electrons. The molecule has 0 N–H and O–H groups in total. The van der Waals surface area contributed by atoms with Crippen molar-refractivity contribution in [3.05, 3.63) is 29.6 Å². The summed E-state index contributed by atoms with van der Waals surface area (Å²) in [7, 11) is 1.71. The standard InChI is InChI=1S/C18H23FN2O3/c1-18(2,3)8-16(22)21-9-13-15(10-21)24-14-7-11(19)5-6-12(14)17(23)20(13)4/h5-7,13,15H,8-10H2,1-4H3/t13-,15+/m1/s1. The molecule has 3 rings (SSSR count). The fourth-order valence-corrected chi connectivity index (χ4v) is 3.29. The summed E-state index contributed by atoms with van der Waals surface area (Å²) in [5.74, 6) is -0.340. The molecule has 0 aromatic heterocycles. The van der Waals surface area contributed by atoms with Crippen molar-refractivity contribution in [2.24, 2.45) is 5.41 Å². The molecule has 1 fully saturated rings. The van der Waals surface area contributed by atoms with Gasteiger partial charge < -0.3 is 14.5 Å². The van der Waals surface area contributed by atoms with Crippen LogP contribution in [0.5, 0.6) is 5.75 Å². The van der Waals surface area contributed by atoms with E-state index in [1.165, 1.54) is 18.2 Å². The van der Waals surface area contributed by atoms with Crippen LogP contribution in [0, 0.1) is 11.2 Å². The first-order chi connectivity index (χ1) is 11.2. The first-order valence-electron chi connectivity index (χ1n) is 8.17. The lowest BCUT2D eigenvalue weighted by atomic mass is 9.92. The minimum absolute atomic E-state index is 0.0551. The maximum atomic E-state index is 13.5. The van der Waals surface area contributed by atoms with E-state index in [1.54, 1.807) is 16.8 Å². The fraction of sp³-hybridized carbons (Fsp3) is 0.556. The number of likely N-dealkylation sites (tertiary alicyclic amines) is 1. The number of carbonyl (C=O) groups excluding carboxylic acids is 2. The van der Waals surface area contributed by atoms with Gasteiger partial charge in [0.15, 0.2) is 0 Å². The maximum absolute atomic E-state index is 13.5. The molecule has 1 aromatic rings. The van der Waals surface area contributed by atoms with Crippen LogP contribution in [0.1, 0.15) is 37.6 Å². The van der Waals surface area contributed by atoms with Crippen molar-refractivity contribution in [2.45, 2.75) is 39.3 Å². The van der Waals surface area contributed by atoms with E-state index in [9.17, 15) is 14.0 Å². The SMILES string of the molecule is CN1C(=O)c2ccc(F)cc2O[C@H]2CN(C(=O)CC(C)(C)C)C[C@H]21. The Morgan fingerprint density at radius 1 is 1.33 bits per heavy atom. The second-order valence-electron chi connectivity index (χ2n) is 7.82. The van der Waals surface area contributed by atoms with Crippen molar-refractivity contribution in [1.29, 1.82) is 0 Å².